The Bertz CT molecular complexity index is 876. The molecule has 2 aromatic carbocycles. The maximum absolute atomic E-state index is 15.3. The van der Waals surface area contributed by atoms with E-state index in [1.165, 1.54) is 17.0 Å². The maximum Gasteiger partial charge on any atom is 0.327 e. The maximum atomic E-state index is 15.3. The highest BCUT2D eigenvalue weighted by Gasteiger charge is 2.51. The van der Waals surface area contributed by atoms with Gasteiger partial charge in [-0.2, -0.15) is 8.78 Å². The minimum absolute atomic E-state index is 0.222. The molecule has 0 aliphatic carbocycles. The van der Waals surface area contributed by atoms with E-state index in [1.807, 2.05) is 36.2 Å². The van der Waals surface area contributed by atoms with Crippen LogP contribution < -0.4 is 0 Å². The fraction of sp³-hybridized carbons (Fsp3) is 0.435. The van der Waals surface area contributed by atoms with Crippen molar-refractivity contribution in [3.05, 3.63) is 71.0 Å². The van der Waals surface area contributed by atoms with Gasteiger partial charge >= 0.3 is 5.92 Å². The van der Waals surface area contributed by atoms with Crippen LogP contribution in [0.5, 0.6) is 0 Å². The molecule has 1 saturated heterocycles. The predicted octanol–water partition coefficient (Wildman–Crippen LogP) is 4.28. The molecule has 0 unspecified atom stereocenters. The van der Waals surface area contributed by atoms with E-state index in [1.54, 1.807) is 12.1 Å². The number of carbonyl (C=O) groups is 1. The summed E-state index contributed by atoms with van der Waals surface area (Å²) in [6.07, 6.45) is 1.14. The first-order valence-electron chi connectivity index (χ1n) is 10.1. The van der Waals surface area contributed by atoms with Gasteiger partial charge in [-0.15, -0.1) is 0 Å². The second-order valence-electron chi connectivity index (χ2n) is 8.10. The van der Waals surface area contributed by atoms with Crippen molar-refractivity contribution in [2.75, 3.05) is 26.7 Å². The Morgan fingerprint density at radius 2 is 1.66 bits per heavy atom. The third kappa shape index (κ3) is 3.78. The van der Waals surface area contributed by atoms with Crippen LogP contribution in [0.2, 0.25) is 0 Å². The highest BCUT2D eigenvalue weighted by molar-refractivity contribution is 5.85. The second kappa shape index (κ2) is 7.82. The number of benzene rings is 2. The van der Waals surface area contributed by atoms with Crippen LogP contribution in [0, 0.1) is 11.7 Å². The number of hydrogen-bond donors (Lipinski definition) is 0. The molecule has 1 fully saturated rings. The molecule has 0 radical (unpaired) electrons. The molecule has 0 saturated carbocycles. The molecule has 6 heteroatoms. The van der Waals surface area contributed by atoms with Crippen molar-refractivity contribution in [3.63, 3.8) is 0 Å². The SMILES string of the molecule is CN1CCC(C(F)(F)C(=O)N2CCc3ccccc3[C@@H]2c2ccc(F)cc2)CC1. The van der Waals surface area contributed by atoms with Gasteiger partial charge < -0.3 is 9.80 Å². The van der Waals surface area contributed by atoms with Crippen molar-refractivity contribution in [1.82, 2.24) is 9.80 Å². The Hall–Kier alpha value is -2.34. The lowest BCUT2D eigenvalue weighted by Crippen LogP contribution is -2.53. The summed E-state index contributed by atoms with van der Waals surface area (Å²) in [5.74, 6) is -5.87. The summed E-state index contributed by atoms with van der Waals surface area (Å²) < 4.78 is 44.0. The molecular formula is C23H25F3N2O. The molecule has 3 nitrogen and oxygen atoms in total. The molecule has 0 aromatic heterocycles. The highest BCUT2D eigenvalue weighted by atomic mass is 19.3. The Balaban J connectivity index is 1.69. The van der Waals surface area contributed by atoms with Crippen molar-refractivity contribution in [2.45, 2.75) is 31.2 Å². The number of carbonyl (C=O) groups excluding carboxylic acids is 1. The quantitative estimate of drug-likeness (QED) is 0.765. The van der Waals surface area contributed by atoms with Gasteiger partial charge in [0.2, 0.25) is 0 Å². The minimum atomic E-state index is -3.41. The highest BCUT2D eigenvalue weighted by Crippen LogP contribution is 2.41. The first-order chi connectivity index (χ1) is 13.9. The third-order valence-corrected chi connectivity index (χ3v) is 6.25. The van der Waals surface area contributed by atoms with Crippen molar-refractivity contribution in [2.24, 2.45) is 5.92 Å². The Morgan fingerprint density at radius 3 is 2.34 bits per heavy atom. The molecule has 1 atom stereocenters. The number of amides is 1. The van der Waals surface area contributed by atoms with E-state index in [4.69, 9.17) is 0 Å². The molecule has 4 rings (SSSR count). The lowest BCUT2D eigenvalue weighted by atomic mass is 9.85. The number of fused-ring (bicyclic) bond motifs is 1. The molecule has 2 heterocycles. The van der Waals surface area contributed by atoms with Gasteiger partial charge in [0.15, 0.2) is 0 Å². The molecule has 0 bridgehead atoms. The lowest BCUT2D eigenvalue weighted by Gasteiger charge is -2.41. The largest absolute Gasteiger partial charge is 0.327 e. The van der Waals surface area contributed by atoms with Gasteiger partial charge in [0.05, 0.1) is 6.04 Å². The minimum Gasteiger partial charge on any atom is -0.326 e. The first kappa shape index (κ1) is 20.0. The van der Waals surface area contributed by atoms with Crippen LogP contribution in [-0.4, -0.2) is 48.3 Å². The zero-order valence-electron chi connectivity index (χ0n) is 16.5. The van der Waals surface area contributed by atoms with Gasteiger partial charge in [-0.1, -0.05) is 36.4 Å². The smallest absolute Gasteiger partial charge is 0.326 e. The number of piperidine rings is 1. The molecule has 0 N–H and O–H groups in total. The molecule has 2 aliphatic heterocycles. The van der Waals surface area contributed by atoms with Gasteiger partial charge in [-0.05, 0) is 68.2 Å². The van der Waals surface area contributed by atoms with Crippen molar-refractivity contribution < 1.29 is 18.0 Å². The van der Waals surface area contributed by atoms with E-state index in [0.717, 1.165) is 11.1 Å². The molecule has 154 valence electrons. The summed E-state index contributed by atoms with van der Waals surface area (Å²) in [5, 5.41) is 0. The average molecular weight is 402 g/mol. The van der Waals surface area contributed by atoms with Crippen molar-refractivity contribution >= 4 is 5.91 Å². The summed E-state index contributed by atoms with van der Waals surface area (Å²) in [4.78, 5) is 16.5. The summed E-state index contributed by atoms with van der Waals surface area (Å²) in [5.41, 5.74) is 2.51. The fourth-order valence-electron chi connectivity index (χ4n) is 4.53. The van der Waals surface area contributed by atoms with E-state index in [2.05, 4.69) is 0 Å². The van der Waals surface area contributed by atoms with E-state index >= 15 is 8.78 Å². The fourth-order valence-corrected chi connectivity index (χ4v) is 4.53. The molecule has 2 aliphatic rings. The normalized spacial score (nSPS) is 21.1. The topological polar surface area (TPSA) is 23.6 Å². The predicted molar refractivity (Wildman–Crippen MR) is 105 cm³/mol. The van der Waals surface area contributed by atoms with Crippen molar-refractivity contribution in [3.8, 4) is 0 Å². The van der Waals surface area contributed by atoms with Gasteiger partial charge in [-0.3, -0.25) is 4.79 Å². The average Bonchev–Trinajstić information content (AvgIpc) is 2.73. The Morgan fingerprint density at radius 1 is 1.00 bits per heavy atom. The van der Waals surface area contributed by atoms with Gasteiger partial charge in [0, 0.05) is 12.5 Å². The summed E-state index contributed by atoms with van der Waals surface area (Å²) >= 11 is 0. The van der Waals surface area contributed by atoms with Crippen LogP contribution in [0.3, 0.4) is 0 Å². The second-order valence-corrected chi connectivity index (χ2v) is 8.10. The first-order valence-corrected chi connectivity index (χ1v) is 10.1. The van der Waals surface area contributed by atoms with Crippen LogP contribution in [-0.2, 0) is 11.2 Å². The van der Waals surface area contributed by atoms with Gasteiger partial charge in [0.1, 0.15) is 5.82 Å². The number of rotatable bonds is 3. The Kier molecular flexibility index (Phi) is 5.38. The molecular weight excluding hydrogens is 377 g/mol. The van der Waals surface area contributed by atoms with E-state index in [-0.39, 0.29) is 6.54 Å². The molecule has 2 aromatic rings. The van der Waals surface area contributed by atoms with Crippen LogP contribution in [0.25, 0.3) is 0 Å². The monoisotopic (exact) mass is 402 g/mol. The van der Waals surface area contributed by atoms with Gasteiger partial charge in [-0.25, -0.2) is 4.39 Å². The summed E-state index contributed by atoms with van der Waals surface area (Å²) in [7, 11) is 1.91. The number of halogens is 3. The number of hydrogen-bond acceptors (Lipinski definition) is 2. The van der Waals surface area contributed by atoms with Gasteiger partial charge in [0.25, 0.3) is 5.91 Å². The van der Waals surface area contributed by atoms with Crippen LogP contribution >= 0.6 is 0 Å². The lowest BCUT2D eigenvalue weighted by molar-refractivity contribution is -0.171. The number of likely N-dealkylation sites (tertiary alicyclic amines) is 1. The zero-order chi connectivity index (χ0) is 20.6. The summed E-state index contributed by atoms with van der Waals surface area (Å²) in [6.45, 7) is 1.36. The Labute approximate surface area is 169 Å². The number of alkyl halides is 2. The number of nitrogens with zero attached hydrogens (tertiary/aromatic N) is 2. The molecule has 1 amide bonds. The zero-order valence-corrected chi connectivity index (χ0v) is 16.5. The van der Waals surface area contributed by atoms with Crippen LogP contribution in [0.1, 0.15) is 35.6 Å². The van der Waals surface area contributed by atoms with Crippen molar-refractivity contribution in [1.29, 1.82) is 0 Å². The van der Waals surface area contributed by atoms with E-state index in [9.17, 15) is 9.18 Å². The van der Waals surface area contributed by atoms with E-state index in [0.29, 0.717) is 37.9 Å². The third-order valence-electron chi connectivity index (χ3n) is 6.25. The van der Waals surface area contributed by atoms with Crippen LogP contribution in [0.15, 0.2) is 48.5 Å². The standard InChI is InChI=1S/C23H25F3N2O/c1-27-13-11-18(12-14-27)23(25,26)22(29)28-15-10-16-4-2-3-5-20(16)21(28)17-6-8-19(24)9-7-17/h2-9,18,21H,10-15H2,1H3/t21-/m0/s1. The molecule has 29 heavy (non-hydrogen) atoms. The molecule has 0 spiro atoms. The van der Waals surface area contributed by atoms with Crippen LogP contribution in [0.4, 0.5) is 13.2 Å². The summed E-state index contributed by atoms with van der Waals surface area (Å²) in [6, 6.07) is 12.7. The van der Waals surface area contributed by atoms with E-state index < -0.39 is 29.6 Å².